The molecule has 2 aliphatic carbocycles. The Balaban J connectivity index is 1.10. The van der Waals surface area contributed by atoms with E-state index in [0.29, 0.717) is 0 Å². The predicted molar refractivity (Wildman–Crippen MR) is 330 cm³/mol. The summed E-state index contributed by atoms with van der Waals surface area (Å²) in [7, 11) is 0. The highest BCUT2D eigenvalue weighted by atomic mass is 32.1. The molecule has 0 spiro atoms. The predicted octanol–water partition coefficient (Wildman–Crippen LogP) is 19.5. The molecule has 15 rings (SSSR count). The second-order valence-corrected chi connectivity index (χ2v) is 28.8. The van der Waals surface area contributed by atoms with E-state index >= 15 is 0 Å². The van der Waals surface area contributed by atoms with Crippen molar-refractivity contribution in [2.45, 2.75) is 129 Å². The lowest BCUT2D eigenvalue weighted by Crippen LogP contribution is -2.60. The van der Waals surface area contributed by atoms with Crippen LogP contribution in [0.3, 0.4) is 0 Å². The minimum absolute atomic E-state index is 0.00379. The van der Waals surface area contributed by atoms with E-state index in [1.54, 1.807) is 0 Å². The molecule has 0 atom stereocenters. The van der Waals surface area contributed by atoms with Crippen LogP contribution in [-0.2, 0) is 27.1 Å². The molecule has 3 nitrogen and oxygen atoms in total. The van der Waals surface area contributed by atoms with Gasteiger partial charge < -0.3 is 14.1 Å². The van der Waals surface area contributed by atoms with E-state index in [0.717, 1.165) is 39.7 Å². The van der Waals surface area contributed by atoms with Crippen LogP contribution in [0.1, 0.15) is 130 Å². The zero-order chi connectivity index (χ0) is 52.2. The van der Waals surface area contributed by atoms with Crippen molar-refractivity contribution >= 4 is 120 Å². The van der Waals surface area contributed by atoms with Crippen molar-refractivity contribution in [3.63, 3.8) is 0 Å². The summed E-state index contributed by atoms with van der Waals surface area (Å²) in [5, 5.41) is 6.34. The molecule has 0 N–H and O–H groups in total. The number of para-hydroxylation sites is 1. The Morgan fingerprint density at radius 3 is 1.64 bits per heavy atom. The molecule has 0 bridgehead atoms. The van der Waals surface area contributed by atoms with E-state index in [1.807, 2.05) is 22.7 Å². The normalized spacial score (nSPS) is 17.8. The largest absolute Gasteiger partial charge is 0.454 e. The summed E-state index contributed by atoms with van der Waals surface area (Å²) in [4.78, 5) is 5.37. The van der Waals surface area contributed by atoms with E-state index in [1.165, 1.54) is 127 Å². The maximum atomic E-state index is 7.35. The molecule has 0 saturated carbocycles. The van der Waals surface area contributed by atoms with Crippen molar-refractivity contribution in [3.05, 3.63) is 173 Å². The van der Waals surface area contributed by atoms with E-state index in [9.17, 15) is 0 Å². The van der Waals surface area contributed by atoms with Gasteiger partial charge >= 0.3 is 6.85 Å². The van der Waals surface area contributed by atoms with Gasteiger partial charge in [-0.25, -0.2) is 0 Å². The number of hydrogen-bond acceptors (Lipinski definition) is 5. The number of thiophene rings is 2. The quantitative estimate of drug-likeness (QED) is 0.164. The summed E-state index contributed by atoms with van der Waals surface area (Å²) in [6.07, 6.45) is 4.72. The highest BCUT2D eigenvalue weighted by molar-refractivity contribution is 7.32. The van der Waals surface area contributed by atoms with Crippen molar-refractivity contribution in [3.8, 4) is 22.3 Å². The fraction of sp³-hybridized carbons (Fsp3) is 0.286. The molecule has 3 aromatic heterocycles. The molecule has 2 aliphatic heterocycles. The van der Waals surface area contributed by atoms with Gasteiger partial charge in [0.05, 0.1) is 11.4 Å². The second kappa shape index (κ2) is 15.5. The lowest BCUT2D eigenvalue weighted by molar-refractivity contribution is 0.332. The van der Waals surface area contributed by atoms with Crippen molar-refractivity contribution in [1.29, 1.82) is 0 Å². The third-order valence-corrected chi connectivity index (χ3v) is 21.2. The molecule has 0 radical (unpaired) electrons. The summed E-state index contributed by atoms with van der Waals surface area (Å²) in [5.74, 6) is 0. The number of rotatable bonds is 3. The zero-order valence-corrected chi connectivity index (χ0v) is 47.5. The van der Waals surface area contributed by atoms with Crippen LogP contribution in [0, 0.1) is 0 Å². The van der Waals surface area contributed by atoms with Crippen LogP contribution in [0.5, 0.6) is 0 Å². The molecular formula is C70H65BN2OS2. The Morgan fingerprint density at radius 1 is 0.474 bits per heavy atom. The Kier molecular flexibility index (Phi) is 9.55. The smallest absolute Gasteiger partial charge is 0.343 e. The van der Waals surface area contributed by atoms with E-state index in [4.69, 9.17) is 4.42 Å². The maximum Gasteiger partial charge on any atom is 0.343 e. The highest BCUT2D eigenvalue weighted by Crippen LogP contribution is 2.57. The first-order valence-corrected chi connectivity index (χ1v) is 29.4. The monoisotopic (exact) mass is 1020 g/mol. The van der Waals surface area contributed by atoms with Gasteiger partial charge in [-0.05, 0) is 176 Å². The molecule has 8 aromatic carbocycles. The number of benzene rings is 8. The standard InChI is InChI=1S/C70H65BN2OS2/c1-66(2,3)42-23-27-43(28-24-42)72-62-51-36-53-55(70(10,11)32-30-68(53,6)7)38-59(51)76-65(62)71-61-49(34-50-45-19-15-16-20-57(45)74-64(50)63(61)72)46-33-47-48-35-52-54(69(8,9)31-29-67(52,4)5)37-58(48)75-60(47)39-56(46)73(71)44-25-21-41(22-26-44)40-17-13-12-14-18-40/h12-28,33-39H,29-32H2,1-11H3. The van der Waals surface area contributed by atoms with Gasteiger partial charge in [-0.1, -0.05) is 149 Å². The maximum absolute atomic E-state index is 7.35. The zero-order valence-electron chi connectivity index (χ0n) is 45.9. The van der Waals surface area contributed by atoms with Gasteiger partial charge in [-0.3, -0.25) is 0 Å². The van der Waals surface area contributed by atoms with Crippen LogP contribution >= 0.6 is 22.7 Å². The summed E-state index contributed by atoms with van der Waals surface area (Å²) in [5.41, 5.74) is 21.8. The molecule has 4 aliphatic rings. The summed E-state index contributed by atoms with van der Waals surface area (Å²) in [6.45, 7) is 26.5. The average Bonchev–Trinajstić information content (AvgIpc) is 4.17. The van der Waals surface area contributed by atoms with Crippen molar-refractivity contribution in [1.82, 2.24) is 0 Å². The van der Waals surface area contributed by atoms with Crippen LogP contribution in [-0.4, -0.2) is 6.85 Å². The minimum atomic E-state index is -0.158. The Labute approximate surface area is 456 Å². The third-order valence-electron chi connectivity index (χ3n) is 18.9. The van der Waals surface area contributed by atoms with Crippen molar-refractivity contribution in [2.24, 2.45) is 0 Å². The second-order valence-electron chi connectivity index (χ2n) is 26.6. The number of anilines is 5. The first-order chi connectivity index (χ1) is 36.3. The molecule has 0 unspecified atom stereocenters. The molecular weight excluding hydrogens is 960 g/mol. The summed E-state index contributed by atoms with van der Waals surface area (Å²) >= 11 is 3.99. The summed E-state index contributed by atoms with van der Waals surface area (Å²) in [6, 6.07) is 56.6. The topological polar surface area (TPSA) is 19.6 Å². The van der Waals surface area contributed by atoms with E-state index in [-0.39, 0.29) is 33.9 Å². The fourth-order valence-corrected chi connectivity index (χ4v) is 16.6. The Morgan fingerprint density at radius 2 is 1.00 bits per heavy atom. The lowest BCUT2D eigenvalue weighted by Gasteiger charge is -2.44. The van der Waals surface area contributed by atoms with Crippen molar-refractivity contribution < 1.29 is 4.42 Å². The number of nitrogens with zero attached hydrogens (tertiary/aromatic N) is 2. The van der Waals surface area contributed by atoms with Crippen LogP contribution in [0.15, 0.2) is 150 Å². The molecule has 0 amide bonds. The van der Waals surface area contributed by atoms with E-state index < -0.39 is 0 Å². The number of hydrogen-bond donors (Lipinski definition) is 0. The highest BCUT2D eigenvalue weighted by Gasteiger charge is 2.50. The first-order valence-electron chi connectivity index (χ1n) is 27.8. The van der Waals surface area contributed by atoms with Crippen LogP contribution < -0.4 is 20.0 Å². The van der Waals surface area contributed by atoms with Crippen LogP contribution in [0.25, 0.3) is 74.5 Å². The van der Waals surface area contributed by atoms with Crippen LogP contribution in [0.2, 0.25) is 0 Å². The Hall–Kier alpha value is -6.60. The molecule has 376 valence electrons. The third kappa shape index (κ3) is 6.59. The van der Waals surface area contributed by atoms with Gasteiger partial charge in [0.1, 0.15) is 5.58 Å². The van der Waals surface area contributed by atoms with Crippen LogP contribution in [0.4, 0.5) is 28.4 Å². The molecule has 76 heavy (non-hydrogen) atoms. The van der Waals surface area contributed by atoms with Gasteiger partial charge in [0.2, 0.25) is 0 Å². The molecule has 5 heterocycles. The van der Waals surface area contributed by atoms with Gasteiger partial charge in [-0.2, -0.15) is 0 Å². The van der Waals surface area contributed by atoms with E-state index in [2.05, 4.69) is 231 Å². The van der Waals surface area contributed by atoms with Crippen molar-refractivity contribution in [2.75, 3.05) is 9.71 Å². The number of fused-ring (bicyclic) bond motifs is 15. The lowest BCUT2D eigenvalue weighted by atomic mass is 9.46. The Bertz CT molecular complexity index is 4270. The number of furan rings is 1. The van der Waals surface area contributed by atoms with Gasteiger partial charge in [0.25, 0.3) is 0 Å². The minimum Gasteiger partial charge on any atom is -0.454 e. The van der Waals surface area contributed by atoms with Gasteiger partial charge in [0, 0.05) is 68.4 Å². The summed E-state index contributed by atoms with van der Waals surface area (Å²) < 4.78 is 12.8. The average molecular weight is 1030 g/mol. The molecule has 0 saturated heterocycles. The molecule has 11 aromatic rings. The first kappa shape index (κ1) is 46.7. The molecule has 0 fully saturated rings. The van der Waals surface area contributed by atoms with Gasteiger partial charge in [0.15, 0.2) is 5.58 Å². The SMILES string of the molecule is CC(C)(C)c1ccc(N2c3c(sc4cc5c(cc34)C(C)(C)CCC5(C)C)B3c4c(cc5c(oc6ccccc65)c42)-c2cc4c(cc2N3c2ccc(-c3ccccc3)cc2)sc2cc3c(cc24)C(C)(C)CCC3(C)C)cc1. The van der Waals surface area contributed by atoms with Gasteiger partial charge in [-0.15, -0.1) is 22.7 Å². The fourth-order valence-electron chi connectivity index (χ4n) is 14.2. The molecule has 6 heteroatoms.